The van der Waals surface area contributed by atoms with E-state index in [4.69, 9.17) is 23.2 Å². The Morgan fingerprint density at radius 2 is 1.69 bits per heavy atom. The normalized spacial score (nSPS) is 12.4. The third kappa shape index (κ3) is 5.78. The van der Waals surface area contributed by atoms with Gasteiger partial charge in [0.25, 0.3) is 5.91 Å². The molecule has 0 atom stereocenters. The van der Waals surface area contributed by atoms with E-state index >= 15 is 0 Å². The number of hydrogen-bond acceptors (Lipinski definition) is 3. The molecule has 0 aliphatic rings. The number of benzene rings is 2. The van der Waals surface area contributed by atoms with Gasteiger partial charge in [0, 0.05) is 5.56 Å². The first-order chi connectivity index (χ1) is 16.2. The predicted molar refractivity (Wildman–Crippen MR) is 117 cm³/mol. The molecule has 182 valence electrons. The van der Waals surface area contributed by atoms with Gasteiger partial charge in [-0.2, -0.15) is 36.7 Å². The van der Waals surface area contributed by atoms with Crippen LogP contribution in [0.3, 0.4) is 0 Å². The van der Waals surface area contributed by atoms with E-state index in [0.717, 1.165) is 41.1 Å². The zero-order valence-electron chi connectivity index (χ0n) is 17.4. The monoisotopic (exact) mass is 532 g/mol. The van der Waals surface area contributed by atoms with Crippen LogP contribution in [0.2, 0.25) is 10.2 Å². The minimum atomic E-state index is -4.69. The molecule has 3 aromatic rings. The summed E-state index contributed by atoms with van der Waals surface area (Å²) in [5.74, 6) is -1.09. The molecule has 0 radical (unpaired) electrons. The molecular weight excluding hydrogens is 521 g/mol. The Kier molecular flexibility index (Phi) is 7.19. The summed E-state index contributed by atoms with van der Waals surface area (Å²) in [7, 11) is 0. The minimum Gasteiger partial charge on any atom is -0.320 e. The van der Waals surface area contributed by atoms with Crippen LogP contribution in [0.1, 0.15) is 22.4 Å². The highest BCUT2D eigenvalue weighted by molar-refractivity contribution is 6.34. The number of nitrogens with one attached hydrogen (secondary N) is 1. The van der Waals surface area contributed by atoms with Gasteiger partial charge < -0.3 is 5.32 Å². The van der Waals surface area contributed by atoms with Gasteiger partial charge in [0.05, 0.1) is 33.2 Å². The van der Waals surface area contributed by atoms with Gasteiger partial charge in [0.1, 0.15) is 16.8 Å². The topological polar surface area (TPSA) is 70.7 Å². The van der Waals surface area contributed by atoms with E-state index in [0.29, 0.717) is 6.07 Å². The Bertz CT molecular complexity index is 1370. The molecule has 13 heteroatoms. The molecule has 1 aromatic heterocycles. The number of amides is 1. The van der Waals surface area contributed by atoms with Gasteiger partial charge in [-0.15, -0.1) is 0 Å². The number of nitriles is 1. The number of aryl methyl sites for hydroxylation is 1. The van der Waals surface area contributed by atoms with Gasteiger partial charge in [-0.1, -0.05) is 29.3 Å². The number of halogens is 8. The average molecular weight is 533 g/mol. The Balaban J connectivity index is 1.97. The van der Waals surface area contributed by atoms with Crippen LogP contribution in [0.4, 0.5) is 32.0 Å². The summed E-state index contributed by atoms with van der Waals surface area (Å²) >= 11 is 12.1. The fourth-order valence-corrected chi connectivity index (χ4v) is 3.43. The molecule has 1 N–H and O–H groups in total. The van der Waals surface area contributed by atoms with Crippen molar-refractivity contribution in [2.45, 2.75) is 19.3 Å². The van der Waals surface area contributed by atoms with Crippen LogP contribution in [0.15, 0.2) is 48.0 Å². The highest BCUT2D eigenvalue weighted by Gasteiger charge is 2.32. The number of alkyl halides is 6. The molecule has 0 unspecified atom stereocenters. The third-order valence-corrected chi connectivity index (χ3v) is 5.35. The van der Waals surface area contributed by atoms with Crippen molar-refractivity contribution in [2.75, 3.05) is 5.32 Å². The lowest BCUT2D eigenvalue weighted by molar-refractivity contribution is -0.138. The van der Waals surface area contributed by atoms with Crippen molar-refractivity contribution in [1.29, 1.82) is 5.26 Å². The molecular formula is C22H12Cl2F6N4O. The highest BCUT2D eigenvalue weighted by Crippen LogP contribution is 2.35. The molecule has 0 saturated carbocycles. The Morgan fingerprint density at radius 3 is 2.29 bits per heavy atom. The number of anilines is 1. The second-order valence-electron chi connectivity index (χ2n) is 7.07. The van der Waals surface area contributed by atoms with Crippen molar-refractivity contribution in [3.63, 3.8) is 0 Å². The summed E-state index contributed by atoms with van der Waals surface area (Å²) in [6, 6.07) is 8.06. The molecule has 35 heavy (non-hydrogen) atoms. The first-order valence-corrected chi connectivity index (χ1v) is 10.2. The fraction of sp³-hybridized carbons (Fsp3) is 0.136. The van der Waals surface area contributed by atoms with Crippen molar-refractivity contribution >= 4 is 40.9 Å². The molecule has 1 amide bonds. The Hall–Kier alpha value is -3.49. The lowest BCUT2D eigenvalue weighted by Gasteiger charge is -2.11. The molecule has 0 saturated heterocycles. The lowest BCUT2D eigenvalue weighted by Crippen LogP contribution is -2.15. The molecule has 0 aliphatic carbocycles. The number of rotatable bonds is 4. The maximum atomic E-state index is 13.0. The van der Waals surface area contributed by atoms with Crippen LogP contribution in [-0.4, -0.2) is 15.7 Å². The van der Waals surface area contributed by atoms with Gasteiger partial charge in [-0.25, -0.2) is 4.68 Å². The standard InChI is InChI=1S/C22H12Cl2F6N4O/c1-11-16(19(24)34(33-11)15-4-2-3-13(8-15)21(25,26)27)7-12(10-31)20(35)32-18-9-14(22(28,29)30)5-6-17(18)23/h2-9H,1H3,(H,32,35). The average Bonchev–Trinajstić information content (AvgIpc) is 3.05. The zero-order chi connectivity index (χ0) is 26.1. The third-order valence-electron chi connectivity index (χ3n) is 4.66. The van der Waals surface area contributed by atoms with Crippen LogP contribution in [-0.2, 0) is 17.1 Å². The summed E-state index contributed by atoms with van der Waals surface area (Å²) in [5, 5.41) is 15.3. The highest BCUT2D eigenvalue weighted by atomic mass is 35.5. The Morgan fingerprint density at radius 1 is 1.06 bits per heavy atom. The van der Waals surface area contributed by atoms with Crippen LogP contribution in [0.25, 0.3) is 11.8 Å². The summed E-state index contributed by atoms with van der Waals surface area (Å²) in [5.41, 5.74) is -2.75. The summed E-state index contributed by atoms with van der Waals surface area (Å²) in [6.45, 7) is 1.44. The van der Waals surface area contributed by atoms with Crippen LogP contribution >= 0.6 is 23.2 Å². The van der Waals surface area contributed by atoms with E-state index in [2.05, 4.69) is 10.4 Å². The largest absolute Gasteiger partial charge is 0.416 e. The van der Waals surface area contributed by atoms with Gasteiger partial charge in [-0.05, 0) is 49.4 Å². The number of carbonyl (C=O) groups excluding carboxylic acids is 1. The predicted octanol–water partition coefficient (Wildman–Crippen LogP) is 7.07. The van der Waals surface area contributed by atoms with E-state index in [1.165, 1.54) is 13.0 Å². The summed E-state index contributed by atoms with van der Waals surface area (Å²) in [6.07, 6.45) is -8.28. The maximum Gasteiger partial charge on any atom is 0.416 e. The molecule has 0 fully saturated rings. The van der Waals surface area contributed by atoms with Crippen LogP contribution in [0, 0.1) is 18.3 Å². The Labute approximate surface area is 204 Å². The second-order valence-corrected chi connectivity index (χ2v) is 7.83. The second kappa shape index (κ2) is 9.64. The summed E-state index contributed by atoms with van der Waals surface area (Å²) in [4.78, 5) is 12.6. The first-order valence-electron chi connectivity index (χ1n) is 9.45. The van der Waals surface area contributed by atoms with E-state index in [1.807, 2.05) is 0 Å². The molecule has 3 rings (SSSR count). The number of hydrogen-bond donors (Lipinski definition) is 1. The fourth-order valence-electron chi connectivity index (χ4n) is 2.94. The van der Waals surface area contributed by atoms with E-state index in [1.54, 1.807) is 6.07 Å². The van der Waals surface area contributed by atoms with Crippen molar-refractivity contribution in [1.82, 2.24) is 9.78 Å². The number of carbonyl (C=O) groups is 1. The SMILES string of the molecule is Cc1nn(-c2cccc(C(F)(F)F)c2)c(Cl)c1C=C(C#N)C(=O)Nc1cc(C(F)(F)F)ccc1Cl. The van der Waals surface area contributed by atoms with Crippen LogP contribution in [0.5, 0.6) is 0 Å². The van der Waals surface area contributed by atoms with Gasteiger partial charge in [0.2, 0.25) is 0 Å². The van der Waals surface area contributed by atoms with Gasteiger partial charge in [0.15, 0.2) is 0 Å². The van der Waals surface area contributed by atoms with Gasteiger partial charge >= 0.3 is 12.4 Å². The van der Waals surface area contributed by atoms with Crippen molar-refractivity contribution in [3.05, 3.63) is 80.6 Å². The van der Waals surface area contributed by atoms with Crippen molar-refractivity contribution in [3.8, 4) is 11.8 Å². The molecule has 1 heterocycles. The van der Waals surface area contributed by atoms with Crippen molar-refractivity contribution in [2.24, 2.45) is 0 Å². The quantitative estimate of drug-likeness (QED) is 0.222. The molecule has 0 spiro atoms. The molecule has 2 aromatic carbocycles. The lowest BCUT2D eigenvalue weighted by atomic mass is 10.1. The van der Waals surface area contributed by atoms with E-state index in [-0.39, 0.29) is 32.8 Å². The molecule has 0 bridgehead atoms. The summed E-state index contributed by atoms with van der Waals surface area (Å²) < 4.78 is 79.0. The molecule has 0 aliphatic heterocycles. The minimum absolute atomic E-state index is 0.0220. The number of aromatic nitrogens is 2. The van der Waals surface area contributed by atoms with Crippen LogP contribution < -0.4 is 5.32 Å². The molecule has 5 nitrogen and oxygen atoms in total. The maximum absolute atomic E-state index is 13.0. The van der Waals surface area contributed by atoms with E-state index < -0.39 is 35.0 Å². The smallest absolute Gasteiger partial charge is 0.320 e. The van der Waals surface area contributed by atoms with E-state index in [9.17, 15) is 36.4 Å². The first kappa shape index (κ1) is 26.1. The van der Waals surface area contributed by atoms with Crippen molar-refractivity contribution < 1.29 is 31.1 Å². The zero-order valence-corrected chi connectivity index (χ0v) is 18.9. The van der Waals surface area contributed by atoms with Gasteiger partial charge in [-0.3, -0.25) is 4.79 Å². The number of nitrogens with zero attached hydrogens (tertiary/aromatic N) is 3.